The van der Waals surface area contributed by atoms with Gasteiger partial charge in [0, 0.05) is 31.9 Å². The molecule has 1 aliphatic heterocycles. The number of carbonyl (C=O) groups is 1. The largest absolute Gasteiger partial charge is 0.497 e. The summed E-state index contributed by atoms with van der Waals surface area (Å²) in [6, 6.07) is 14.6. The number of methoxy groups -OCH3 is 2. The van der Waals surface area contributed by atoms with Crippen molar-refractivity contribution in [1.82, 2.24) is 4.90 Å². The molecular formula is C21H27N3O5S. The SMILES string of the molecule is COc1ccc(N2CCN(C(=O)CN(c3ccccc3OC)S(C)(=O)=O)CC2)cc1. The van der Waals surface area contributed by atoms with Crippen molar-refractivity contribution in [3.05, 3.63) is 48.5 Å². The molecule has 0 saturated carbocycles. The number of piperazine rings is 1. The Hall–Kier alpha value is -2.94. The van der Waals surface area contributed by atoms with Gasteiger partial charge in [-0.3, -0.25) is 9.10 Å². The van der Waals surface area contributed by atoms with Crippen LogP contribution in [0.5, 0.6) is 11.5 Å². The minimum absolute atomic E-state index is 0.235. The number of carbonyl (C=O) groups excluding carboxylic acids is 1. The first kappa shape index (κ1) is 21.8. The van der Waals surface area contributed by atoms with Crippen LogP contribution in [0.15, 0.2) is 48.5 Å². The van der Waals surface area contributed by atoms with E-state index in [0.29, 0.717) is 37.6 Å². The molecule has 1 saturated heterocycles. The summed E-state index contributed by atoms with van der Waals surface area (Å²) in [6.45, 7) is 2.13. The van der Waals surface area contributed by atoms with Crippen molar-refractivity contribution in [2.24, 2.45) is 0 Å². The third-order valence-corrected chi connectivity index (χ3v) is 6.23. The van der Waals surface area contributed by atoms with E-state index >= 15 is 0 Å². The Labute approximate surface area is 177 Å². The van der Waals surface area contributed by atoms with E-state index in [1.54, 1.807) is 36.3 Å². The second-order valence-electron chi connectivity index (χ2n) is 7.01. The lowest BCUT2D eigenvalue weighted by Crippen LogP contribution is -2.52. The van der Waals surface area contributed by atoms with Gasteiger partial charge in [-0.1, -0.05) is 12.1 Å². The van der Waals surface area contributed by atoms with Gasteiger partial charge < -0.3 is 19.3 Å². The summed E-state index contributed by atoms with van der Waals surface area (Å²) >= 11 is 0. The molecule has 2 aromatic carbocycles. The van der Waals surface area contributed by atoms with Crippen LogP contribution in [0, 0.1) is 0 Å². The average molecular weight is 434 g/mol. The van der Waals surface area contributed by atoms with Crippen molar-refractivity contribution in [3.63, 3.8) is 0 Å². The predicted molar refractivity (Wildman–Crippen MR) is 117 cm³/mol. The topological polar surface area (TPSA) is 79.4 Å². The average Bonchev–Trinajstić information content (AvgIpc) is 2.76. The summed E-state index contributed by atoms with van der Waals surface area (Å²) in [5.74, 6) is 0.963. The Morgan fingerprint density at radius 1 is 0.967 bits per heavy atom. The van der Waals surface area contributed by atoms with Crippen LogP contribution in [0.1, 0.15) is 0 Å². The van der Waals surface area contributed by atoms with Gasteiger partial charge in [-0.25, -0.2) is 8.42 Å². The number of benzene rings is 2. The van der Waals surface area contributed by atoms with Crippen LogP contribution in [0.4, 0.5) is 11.4 Å². The van der Waals surface area contributed by atoms with E-state index in [1.165, 1.54) is 7.11 Å². The van der Waals surface area contributed by atoms with Gasteiger partial charge in [0.15, 0.2) is 0 Å². The highest BCUT2D eigenvalue weighted by Gasteiger charge is 2.28. The third kappa shape index (κ3) is 4.96. The smallest absolute Gasteiger partial charge is 0.243 e. The van der Waals surface area contributed by atoms with Gasteiger partial charge in [0.1, 0.15) is 18.0 Å². The fourth-order valence-corrected chi connectivity index (χ4v) is 4.30. The summed E-state index contributed by atoms with van der Waals surface area (Å²) in [6.07, 6.45) is 1.09. The molecule has 0 bridgehead atoms. The van der Waals surface area contributed by atoms with Gasteiger partial charge in [-0.15, -0.1) is 0 Å². The number of nitrogens with zero attached hydrogens (tertiary/aromatic N) is 3. The molecule has 0 N–H and O–H groups in total. The highest BCUT2D eigenvalue weighted by Crippen LogP contribution is 2.29. The summed E-state index contributed by atoms with van der Waals surface area (Å²) in [7, 11) is -0.560. The van der Waals surface area contributed by atoms with E-state index in [2.05, 4.69) is 4.90 Å². The molecular weight excluding hydrogens is 406 g/mol. The zero-order chi connectivity index (χ0) is 21.7. The minimum Gasteiger partial charge on any atom is -0.497 e. The molecule has 3 rings (SSSR count). The van der Waals surface area contributed by atoms with Crippen LogP contribution in [0.3, 0.4) is 0 Å². The number of sulfonamides is 1. The van der Waals surface area contributed by atoms with Gasteiger partial charge in [0.25, 0.3) is 0 Å². The maximum absolute atomic E-state index is 12.9. The van der Waals surface area contributed by atoms with Crippen molar-refractivity contribution in [1.29, 1.82) is 0 Å². The fraction of sp³-hybridized carbons (Fsp3) is 0.381. The molecule has 0 unspecified atom stereocenters. The van der Waals surface area contributed by atoms with E-state index < -0.39 is 10.0 Å². The number of anilines is 2. The van der Waals surface area contributed by atoms with E-state index in [1.807, 2.05) is 24.3 Å². The number of ether oxygens (including phenoxy) is 2. The van der Waals surface area contributed by atoms with Gasteiger partial charge in [-0.05, 0) is 36.4 Å². The number of hydrogen-bond donors (Lipinski definition) is 0. The zero-order valence-corrected chi connectivity index (χ0v) is 18.3. The monoisotopic (exact) mass is 433 g/mol. The molecule has 1 heterocycles. The zero-order valence-electron chi connectivity index (χ0n) is 17.4. The maximum atomic E-state index is 12.9. The van der Waals surface area contributed by atoms with Gasteiger partial charge in [0.05, 0.1) is 26.2 Å². The van der Waals surface area contributed by atoms with Crippen molar-refractivity contribution >= 4 is 27.3 Å². The van der Waals surface area contributed by atoms with Crippen molar-refractivity contribution in [3.8, 4) is 11.5 Å². The first-order chi connectivity index (χ1) is 14.3. The second-order valence-corrected chi connectivity index (χ2v) is 8.91. The first-order valence-electron chi connectivity index (χ1n) is 9.61. The van der Waals surface area contributed by atoms with Crippen LogP contribution in [0.25, 0.3) is 0 Å². The standard InChI is InChI=1S/C21H27N3O5S/c1-28-18-10-8-17(9-11-18)22-12-14-23(15-13-22)21(25)16-24(30(3,26)27)19-6-4-5-7-20(19)29-2/h4-11H,12-16H2,1-3H3. The number of para-hydroxylation sites is 2. The third-order valence-electron chi connectivity index (χ3n) is 5.10. The molecule has 0 radical (unpaired) electrons. The normalized spacial score (nSPS) is 14.4. The number of rotatable bonds is 7. The van der Waals surface area contributed by atoms with E-state index in [-0.39, 0.29) is 12.5 Å². The molecule has 2 aromatic rings. The molecule has 8 nitrogen and oxygen atoms in total. The molecule has 30 heavy (non-hydrogen) atoms. The van der Waals surface area contributed by atoms with Crippen molar-refractivity contribution in [2.75, 3.05) is 62.4 Å². The molecule has 162 valence electrons. The van der Waals surface area contributed by atoms with Crippen molar-refractivity contribution < 1.29 is 22.7 Å². The summed E-state index contributed by atoms with van der Waals surface area (Å²) in [4.78, 5) is 16.8. The number of hydrogen-bond acceptors (Lipinski definition) is 6. The molecule has 0 aliphatic carbocycles. The van der Waals surface area contributed by atoms with Crippen LogP contribution in [-0.2, 0) is 14.8 Å². The Morgan fingerprint density at radius 3 is 2.17 bits per heavy atom. The summed E-state index contributed by atoms with van der Waals surface area (Å²) in [5.41, 5.74) is 1.42. The van der Waals surface area contributed by atoms with Gasteiger partial charge in [0.2, 0.25) is 15.9 Å². The van der Waals surface area contributed by atoms with Gasteiger partial charge >= 0.3 is 0 Å². The van der Waals surface area contributed by atoms with E-state index in [0.717, 1.165) is 22.0 Å². The Balaban J connectivity index is 1.67. The first-order valence-corrected chi connectivity index (χ1v) is 11.5. The highest BCUT2D eigenvalue weighted by atomic mass is 32.2. The van der Waals surface area contributed by atoms with Crippen LogP contribution in [0.2, 0.25) is 0 Å². The maximum Gasteiger partial charge on any atom is 0.243 e. The number of amides is 1. The molecule has 1 aliphatic rings. The lowest BCUT2D eigenvalue weighted by atomic mass is 10.2. The Morgan fingerprint density at radius 2 is 1.60 bits per heavy atom. The molecule has 0 aromatic heterocycles. The summed E-state index contributed by atoms with van der Waals surface area (Å²) < 4.78 is 36.3. The van der Waals surface area contributed by atoms with Crippen LogP contribution in [-0.4, -0.2) is 72.4 Å². The Bertz CT molecular complexity index is 970. The molecule has 1 fully saturated rings. The Kier molecular flexibility index (Phi) is 6.71. The van der Waals surface area contributed by atoms with Gasteiger partial charge in [-0.2, -0.15) is 0 Å². The summed E-state index contributed by atoms with van der Waals surface area (Å²) in [5, 5.41) is 0. The lowest BCUT2D eigenvalue weighted by Gasteiger charge is -2.37. The molecule has 1 amide bonds. The minimum atomic E-state index is -3.66. The second kappa shape index (κ2) is 9.25. The molecule has 9 heteroatoms. The van der Waals surface area contributed by atoms with Crippen LogP contribution < -0.4 is 18.7 Å². The quantitative estimate of drug-likeness (QED) is 0.663. The lowest BCUT2D eigenvalue weighted by molar-refractivity contribution is -0.129. The highest BCUT2D eigenvalue weighted by molar-refractivity contribution is 7.92. The van der Waals surface area contributed by atoms with E-state index in [4.69, 9.17) is 9.47 Å². The molecule has 0 spiro atoms. The molecule has 0 atom stereocenters. The predicted octanol–water partition coefficient (Wildman–Crippen LogP) is 1.82. The van der Waals surface area contributed by atoms with E-state index in [9.17, 15) is 13.2 Å². The fourth-order valence-electron chi connectivity index (χ4n) is 3.45. The van der Waals surface area contributed by atoms with Crippen molar-refractivity contribution in [2.45, 2.75) is 0 Å². The van der Waals surface area contributed by atoms with Crippen LogP contribution >= 0.6 is 0 Å².